The Hall–Kier alpha value is -1.64. The molecule has 8 heteroatoms. The topological polar surface area (TPSA) is 102 Å². The van der Waals surface area contributed by atoms with Gasteiger partial charge in [0.25, 0.3) is 0 Å². The molecule has 1 aliphatic heterocycles. The van der Waals surface area contributed by atoms with E-state index in [1.165, 1.54) is 6.07 Å². The summed E-state index contributed by atoms with van der Waals surface area (Å²) in [7, 11) is -3.90. The maximum absolute atomic E-state index is 12.6. The monoisotopic (exact) mass is 329 g/mol. The van der Waals surface area contributed by atoms with E-state index in [-0.39, 0.29) is 17.3 Å². The summed E-state index contributed by atoms with van der Waals surface area (Å²) in [6.45, 7) is 4.06. The first kappa shape index (κ1) is 16.7. The number of sulfonamides is 1. The number of hydrogen-bond acceptors (Lipinski definition) is 5. The third-order valence-electron chi connectivity index (χ3n) is 3.33. The van der Waals surface area contributed by atoms with Crippen molar-refractivity contribution in [1.29, 1.82) is 0 Å². The molecule has 1 aromatic carbocycles. The Bertz CT molecular complexity index is 657. The van der Waals surface area contributed by atoms with Gasteiger partial charge in [-0.15, -0.1) is 0 Å². The molecular formula is C14H19NO6S. The number of aliphatic carboxylic acids is 1. The summed E-state index contributed by atoms with van der Waals surface area (Å²) in [5.74, 6) is -0.939. The molecule has 122 valence electrons. The number of hydrogen-bond donors (Lipinski definition) is 2. The van der Waals surface area contributed by atoms with Crippen LogP contribution < -0.4 is 9.46 Å². The van der Waals surface area contributed by atoms with E-state index in [9.17, 15) is 13.2 Å². The number of benzene rings is 1. The van der Waals surface area contributed by atoms with E-state index in [2.05, 4.69) is 4.72 Å². The molecule has 0 amide bonds. The Morgan fingerprint density at radius 2 is 2.23 bits per heavy atom. The fraction of sp³-hybridized carbons (Fsp3) is 0.500. The number of nitrogens with one attached hydrogen (secondary N) is 1. The Morgan fingerprint density at radius 1 is 1.50 bits per heavy atom. The Balaban J connectivity index is 2.30. The van der Waals surface area contributed by atoms with E-state index < -0.39 is 28.1 Å². The van der Waals surface area contributed by atoms with Crippen LogP contribution >= 0.6 is 0 Å². The van der Waals surface area contributed by atoms with Crippen LogP contribution in [0.15, 0.2) is 23.1 Å². The quantitative estimate of drug-likeness (QED) is 0.804. The molecule has 22 heavy (non-hydrogen) atoms. The molecule has 2 N–H and O–H groups in total. The van der Waals surface area contributed by atoms with Crippen molar-refractivity contribution in [3.63, 3.8) is 0 Å². The molecule has 0 saturated carbocycles. The number of rotatable bonds is 6. The van der Waals surface area contributed by atoms with Gasteiger partial charge >= 0.3 is 5.97 Å². The maximum atomic E-state index is 12.6. The smallest absolute Gasteiger partial charge is 0.334 e. The lowest BCUT2D eigenvalue weighted by atomic mass is 10.1. The number of carboxylic acid groups (broad SMARTS) is 1. The van der Waals surface area contributed by atoms with Gasteiger partial charge in [-0.05, 0) is 38.0 Å². The van der Waals surface area contributed by atoms with Gasteiger partial charge in [-0.3, -0.25) is 0 Å². The summed E-state index contributed by atoms with van der Waals surface area (Å²) in [6.07, 6.45) is -0.860. The van der Waals surface area contributed by atoms with Gasteiger partial charge in [0.1, 0.15) is 10.6 Å². The summed E-state index contributed by atoms with van der Waals surface area (Å²) in [6, 6.07) is 4.05. The van der Waals surface area contributed by atoms with Gasteiger partial charge in [0.05, 0.1) is 12.6 Å². The van der Waals surface area contributed by atoms with Crippen molar-refractivity contribution >= 4 is 16.0 Å². The second-order valence-corrected chi connectivity index (χ2v) is 6.71. The molecule has 0 radical (unpaired) electrons. The van der Waals surface area contributed by atoms with Crippen molar-refractivity contribution < 1.29 is 27.8 Å². The third-order valence-corrected chi connectivity index (χ3v) is 4.84. The number of ether oxygens (including phenoxy) is 2. The van der Waals surface area contributed by atoms with E-state index >= 15 is 0 Å². The van der Waals surface area contributed by atoms with Crippen LogP contribution in [-0.4, -0.2) is 44.9 Å². The summed E-state index contributed by atoms with van der Waals surface area (Å²) in [5.41, 5.74) is 0.765. The molecule has 2 atom stereocenters. The first-order valence-electron chi connectivity index (χ1n) is 6.95. The highest BCUT2D eigenvalue weighted by Crippen LogP contribution is 2.26. The fourth-order valence-electron chi connectivity index (χ4n) is 2.32. The molecular weight excluding hydrogens is 310 g/mol. The van der Waals surface area contributed by atoms with Crippen LogP contribution in [0.3, 0.4) is 0 Å². The summed E-state index contributed by atoms with van der Waals surface area (Å²) >= 11 is 0. The average molecular weight is 329 g/mol. The molecule has 0 spiro atoms. The summed E-state index contributed by atoms with van der Waals surface area (Å²) in [5, 5.41) is 9.05. The van der Waals surface area contributed by atoms with Crippen LogP contribution in [0.25, 0.3) is 0 Å². The van der Waals surface area contributed by atoms with E-state index in [1.807, 2.05) is 0 Å². The molecule has 1 aliphatic rings. The minimum absolute atomic E-state index is 0.00499. The van der Waals surface area contributed by atoms with Gasteiger partial charge in [-0.2, -0.15) is 0 Å². The van der Waals surface area contributed by atoms with E-state index in [0.717, 1.165) is 5.56 Å². The minimum atomic E-state index is -3.90. The predicted octanol–water partition coefficient (Wildman–Crippen LogP) is 0.914. The first-order valence-corrected chi connectivity index (χ1v) is 8.43. The van der Waals surface area contributed by atoms with Crippen LogP contribution in [0.4, 0.5) is 0 Å². The van der Waals surface area contributed by atoms with Gasteiger partial charge in [0, 0.05) is 6.61 Å². The standard InChI is InChI=1S/C14H19NO6S/c1-3-20-11-5-4-9(2)8-12(11)22(18,19)15-10-6-7-21-13(10)14(16)17/h4-5,8,10,13,15H,3,6-7H2,1-2H3,(H,16,17)/t10-,13+/m1/s1. The van der Waals surface area contributed by atoms with Crippen molar-refractivity contribution in [3.8, 4) is 5.75 Å². The lowest BCUT2D eigenvalue weighted by molar-refractivity contribution is -0.147. The van der Waals surface area contributed by atoms with E-state index in [0.29, 0.717) is 13.0 Å². The van der Waals surface area contributed by atoms with Gasteiger partial charge in [-0.1, -0.05) is 6.07 Å². The molecule has 7 nitrogen and oxygen atoms in total. The lowest BCUT2D eigenvalue weighted by Gasteiger charge is -2.18. The molecule has 1 fully saturated rings. The number of carboxylic acids is 1. The molecule has 1 heterocycles. The summed E-state index contributed by atoms with van der Waals surface area (Å²) in [4.78, 5) is 11.1. The zero-order valence-electron chi connectivity index (χ0n) is 12.4. The van der Waals surface area contributed by atoms with Crippen molar-refractivity contribution in [1.82, 2.24) is 4.72 Å². The minimum Gasteiger partial charge on any atom is -0.492 e. The predicted molar refractivity (Wildman–Crippen MR) is 78.5 cm³/mol. The van der Waals surface area contributed by atoms with E-state index in [4.69, 9.17) is 14.6 Å². The van der Waals surface area contributed by atoms with Crippen LogP contribution in [0, 0.1) is 6.92 Å². The van der Waals surface area contributed by atoms with Crippen molar-refractivity contribution in [2.75, 3.05) is 13.2 Å². The Labute approximate surface area is 129 Å². The van der Waals surface area contributed by atoms with Gasteiger partial charge in [0.15, 0.2) is 6.10 Å². The molecule has 0 bridgehead atoms. The maximum Gasteiger partial charge on any atom is 0.334 e. The van der Waals surface area contributed by atoms with Crippen molar-refractivity contribution in [2.45, 2.75) is 37.3 Å². The van der Waals surface area contributed by atoms with E-state index in [1.54, 1.807) is 26.0 Å². The SMILES string of the molecule is CCOc1ccc(C)cc1S(=O)(=O)N[C@@H]1CCO[C@@H]1C(=O)O. The third kappa shape index (κ3) is 3.57. The fourth-order valence-corrected chi connectivity index (χ4v) is 3.82. The summed E-state index contributed by atoms with van der Waals surface area (Å²) < 4.78 is 37.9. The molecule has 0 unspecified atom stereocenters. The van der Waals surface area contributed by atoms with Gasteiger partial charge < -0.3 is 14.6 Å². The van der Waals surface area contributed by atoms with Crippen LogP contribution in [0.5, 0.6) is 5.75 Å². The molecule has 2 rings (SSSR count). The zero-order chi connectivity index (χ0) is 16.3. The highest BCUT2D eigenvalue weighted by Gasteiger charge is 2.37. The highest BCUT2D eigenvalue weighted by molar-refractivity contribution is 7.89. The molecule has 0 aliphatic carbocycles. The van der Waals surface area contributed by atoms with Crippen LogP contribution in [0.1, 0.15) is 18.9 Å². The number of aryl methyl sites for hydroxylation is 1. The highest BCUT2D eigenvalue weighted by atomic mass is 32.2. The molecule has 0 aromatic heterocycles. The zero-order valence-corrected chi connectivity index (χ0v) is 13.2. The van der Waals surface area contributed by atoms with Crippen molar-refractivity contribution in [2.24, 2.45) is 0 Å². The lowest BCUT2D eigenvalue weighted by Crippen LogP contribution is -2.44. The van der Waals surface area contributed by atoms with Crippen LogP contribution in [0.2, 0.25) is 0 Å². The van der Waals surface area contributed by atoms with Gasteiger partial charge in [-0.25, -0.2) is 17.9 Å². The first-order chi connectivity index (χ1) is 10.3. The Kier molecular flexibility index (Phi) is 5.05. The second-order valence-electron chi connectivity index (χ2n) is 5.03. The molecule has 1 saturated heterocycles. The largest absolute Gasteiger partial charge is 0.492 e. The Morgan fingerprint density at radius 3 is 2.86 bits per heavy atom. The normalized spacial score (nSPS) is 21.7. The second kappa shape index (κ2) is 6.64. The average Bonchev–Trinajstić information content (AvgIpc) is 2.88. The number of carbonyl (C=O) groups is 1. The van der Waals surface area contributed by atoms with Crippen molar-refractivity contribution in [3.05, 3.63) is 23.8 Å². The van der Waals surface area contributed by atoms with Gasteiger partial charge in [0.2, 0.25) is 10.0 Å². The van der Waals surface area contributed by atoms with Crippen LogP contribution in [-0.2, 0) is 19.6 Å². The molecule has 1 aromatic rings.